The number of anilines is 1. The Morgan fingerprint density at radius 1 is 0.836 bits per heavy atom. The average molecular weight is 745 g/mol. The number of phenolic OH excluding ortho intramolecular Hbond substituents is 1. The molecule has 0 aliphatic carbocycles. The van der Waals surface area contributed by atoms with E-state index in [1.165, 1.54) is 25.3 Å². The van der Waals surface area contributed by atoms with Gasteiger partial charge in [0.25, 0.3) is 0 Å². The number of hydrogen-bond acceptors (Lipinski definition) is 9. The monoisotopic (exact) mass is 744 g/mol. The second-order valence-electron chi connectivity index (χ2n) is 12.8. The number of carbonyl (C=O) groups is 2. The molecule has 6 aromatic rings. The molecule has 0 saturated carbocycles. The summed E-state index contributed by atoms with van der Waals surface area (Å²) in [7, 11) is 1.53. The fourth-order valence-corrected chi connectivity index (χ4v) is 6.15. The minimum absolute atomic E-state index is 0.0811. The predicted molar refractivity (Wildman–Crippen MR) is 206 cm³/mol. The topological polar surface area (TPSA) is 202 Å². The van der Waals surface area contributed by atoms with Crippen molar-refractivity contribution in [3.63, 3.8) is 0 Å². The lowest BCUT2D eigenvalue weighted by molar-refractivity contribution is -0.155. The highest BCUT2D eigenvalue weighted by atomic mass is 16.5. The molecule has 0 aliphatic heterocycles. The lowest BCUT2D eigenvalue weighted by atomic mass is 9.86. The molecular formula is C42H40N4O9. The fraction of sp³-hybridized carbons (Fsp3) is 0.167. The van der Waals surface area contributed by atoms with E-state index < -0.39 is 23.7 Å². The minimum Gasteiger partial charge on any atom is -0.506 e. The Labute approximate surface area is 315 Å². The summed E-state index contributed by atoms with van der Waals surface area (Å²) in [5.41, 5.74) is 1.64. The first-order valence-electron chi connectivity index (χ1n) is 17.3. The molecule has 6 rings (SSSR count). The van der Waals surface area contributed by atoms with E-state index in [1.807, 2.05) is 24.3 Å². The number of aromatic amines is 1. The van der Waals surface area contributed by atoms with Crippen molar-refractivity contribution in [1.29, 1.82) is 0 Å². The van der Waals surface area contributed by atoms with Gasteiger partial charge in [0, 0.05) is 54.0 Å². The van der Waals surface area contributed by atoms with Crippen molar-refractivity contribution in [2.45, 2.75) is 31.4 Å². The lowest BCUT2D eigenvalue weighted by Gasteiger charge is -2.25. The second kappa shape index (κ2) is 17.0. The predicted octanol–water partition coefficient (Wildman–Crippen LogP) is 5.29. The number of rotatable bonds is 15. The average Bonchev–Trinajstić information content (AvgIpc) is 3.20. The molecule has 13 nitrogen and oxygen atoms in total. The number of carbonyl (C=O) groups excluding carboxylic acids is 1. The number of aliphatic carboxylic acids is 1. The molecule has 13 heteroatoms. The van der Waals surface area contributed by atoms with Gasteiger partial charge in [0.2, 0.25) is 11.2 Å². The number of fused-ring (bicyclic) bond motifs is 1. The van der Waals surface area contributed by atoms with E-state index in [0.717, 1.165) is 16.7 Å². The summed E-state index contributed by atoms with van der Waals surface area (Å²) in [6.45, 7) is 0.994. The molecule has 1 heterocycles. The molecule has 0 unspecified atom stereocenters. The highest BCUT2D eigenvalue weighted by Crippen LogP contribution is 2.33. The summed E-state index contributed by atoms with van der Waals surface area (Å²) in [4.78, 5) is 39.2. The molecule has 0 bridgehead atoms. The summed E-state index contributed by atoms with van der Waals surface area (Å²) in [5.74, 6) is -0.545. The number of urea groups is 1. The highest BCUT2D eigenvalue weighted by molar-refractivity contribution is 5.89. The third kappa shape index (κ3) is 8.93. The molecule has 2 amide bonds. The van der Waals surface area contributed by atoms with E-state index in [4.69, 9.17) is 9.47 Å². The maximum atomic E-state index is 12.7. The van der Waals surface area contributed by atoms with E-state index in [1.54, 1.807) is 78.9 Å². The number of aliphatic hydroxyl groups excluding tert-OH is 1. The van der Waals surface area contributed by atoms with Crippen LogP contribution in [0.2, 0.25) is 0 Å². The Morgan fingerprint density at radius 2 is 1.58 bits per heavy atom. The molecule has 8 N–H and O–H groups in total. The number of phenols is 1. The quantitative estimate of drug-likeness (QED) is 0.0683. The van der Waals surface area contributed by atoms with Gasteiger partial charge in [-0.25, -0.2) is 9.59 Å². The number of aliphatic hydroxyl groups is 2. The van der Waals surface area contributed by atoms with E-state index >= 15 is 0 Å². The summed E-state index contributed by atoms with van der Waals surface area (Å²) in [5, 5.41) is 51.4. The SMILES string of the molecule is COc1cc(NC(=O)NCc2ccc(COc3cccc([C@](O)(C(=O)O)c4ccccc4)c3)cc2)ccc1CNC[C@H](O)c1ccc(O)c2[nH]c(=O)ccc12. The number of ether oxygens (including phenoxy) is 2. The second-order valence-corrected chi connectivity index (χ2v) is 12.8. The van der Waals surface area contributed by atoms with E-state index in [0.29, 0.717) is 34.7 Å². The first kappa shape index (κ1) is 38.1. The molecule has 0 radical (unpaired) electrons. The van der Waals surface area contributed by atoms with Gasteiger partial charge in [-0.1, -0.05) is 78.9 Å². The third-order valence-corrected chi connectivity index (χ3v) is 9.10. The van der Waals surface area contributed by atoms with E-state index in [9.17, 15) is 34.8 Å². The number of nitrogens with one attached hydrogen (secondary N) is 4. The van der Waals surface area contributed by atoms with Crippen LogP contribution in [0.1, 0.15) is 39.5 Å². The van der Waals surface area contributed by atoms with Gasteiger partial charge in [0.1, 0.15) is 23.9 Å². The molecule has 55 heavy (non-hydrogen) atoms. The Kier molecular flexibility index (Phi) is 11.8. The normalized spacial score (nSPS) is 12.7. The van der Waals surface area contributed by atoms with Crippen LogP contribution in [0.15, 0.2) is 126 Å². The molecule has 0 saturated heterocycles. The number of benzene rings is 5. The van der Waals surface area contributed by atoms with Gasteiger partial charge < -0.3 is 50.8 Å². The first-order chi connectivity index (χ1) is 26.5. The number of hydrogen-bond donors (Lipinski definition) is 8. The van der Waals surface area contributed by atoms with Gasteiger partial charge in [-0.05, 0) is 52.6 Å². The third-order valence-electron chi connectivity index (χ3n) is 9.10. The largest absolute Gasteiger partial charge is 0.506 e. The molecule has 2 atom stereocenters. The molecule has 5 aromatic carbocycles. The Morgan fingerprint density at radius 3 is 2.33 bits per heavy atom. The smallest absolute Gasteiger partial charge is 0.345 e. The van der Waals surface area contributed by atoms with Crippen LogP contribution in [0.5, 0.6) is 17.2 Å². The van der Waals surface area contributed by atoms with Gasteiger partial charge in [-0.3, -0.25) is 4.79 Å². The standard InChI is InChI=1S/C42H40N4O9/c1-54-37-21-31(15-14-28(37)23-43-24-36(48)33-16-18-35(47)39-34(33)17-19-38(49)46-39)45-41(52)44-22-26-10-12-27(13-11-26)25-55-32-9-5-8-30(20-32)42(53,40(50)51)29-6-3-2-4-7-29/h2-21,36,43,47-48,53H,22-25H2,1H3,(H,46,49)(H,50,51)(H2,44,45,52)/t36-,42-/m0/s1. The van der Waals surface area contributed by atoms with Crippen LogP contribution in [0, 0.1) is 0 Å². The number of carboxylic acids is 1. The zero-order valence-corrected chi connectivity index (χ0v) is 29.8. The number of aromatic hydroxyl groups is 1. The fourth-order valence-electron chi connectivity index (χ4n) is 6.15. The van der Waals surface area contributed by atoms with Gasteiger partial charge in [-0.15, -0.1) is 0 Å². The number of pyridine rings is 1. The summed E-state index contributed by atoms with van der Waals surface area (Å²) >= 11 is 0. The molecule has 282 valence electrons. The van der Waals surface area contributed by atoms with Gasteiger partial charge in [0.15, 0.2) is 0 Å². The van der Waals surface area contributed by atoms with Crippen LogP contribution in [-0.2, 0) is 30.1 Å². The Hall–Kier alpha value is -6.67. The van der Waals surface area contributed by atoms with Crippen LogP contribution < -0.4 is 31.0 Å². The Balaban J connectivity index is 0.977. The van der Waals surface area contributed by atoms with Crippen LogP contribution in [-0.4, -0.2) is 51.1 Å². The lowest BCUT2D eigenvalue weighted by Crippen LogP contribution is -2.36. The maximum Gasteiger partial charge on any atom is 0.345 e. The van der Waals surface area contributed by atoms with Crippen molar-refractivity contribution in [3.05, 3.63) is 165 Å². The summed E-state index contributed by atoms with van der Waals surface area (Å²) in [6, 6.07) is 32.8. The molecule has 0 aliphatic rings. The minimum atomic E-state index is -2.24. The van der Waals surface area contributed by atoms with E-state index in [2.05, 4.69) is 20.9 Å². The van der Waals surface area contributed by atoms with Crippen molar-refractivity contribution in [2.75, 3.05) is 19.0 Å². The van der Waals surface area contributed by atoms with Crippen molar-refractivity contribution in [2.24, 2.45) is 0 Å². The zero-order chi connectivity index (χ0) is 39.0. The van der Waals surface area contributed by atoms with Crippen LogP contribution >= 0.6 is 0 Å². The molecule has 0 fully saturated rings. The molecule has 1 aromatic heterocycles. The van der Waals surface area contributed by atoms with Crippen molar-refractivity contribution >= 4 is 28.6 Å². The zero-order valence-electron chi connectivity index (χ0n) is 29.8. The maximum absolute atomic E-state index is 12.7. The number of amides is 2. The number of carboxylic acid groups (broad SMARTS) is 1. The van der Waals surface area contributed by atoms with Crippen LogP contribution in [0.3, 0.4) is 0 Å². The van der Waals surface area contributed by atoms with Crippen LogP contribution in [0.25, 0.3) is 10.9 Å². The van der Waals surface area contributed by atoms with Gasteiger partial charge in [-0.2, -0.15) is 0 Å². The van der Waals surface area contributed by atoms with Crippen molar-refractivity contribution < 1.29 is 39.5 Å². The van der Waals surface area contributed by atoms with Gasteiger partial charge in [0.05, 0.1) is 18.7 Å². The summed E-state index contributed by atoms with van der Waals surface area (Å²) in [6.07, 6.45) is -0.923. The van der Waals surface area contributed by atoms with Crippen molar-refractivity contribution in [1.82, 2.24) is 15.6 Å². The van der Waals surface area contributed by atoms with E-state index in [-0.39, 0.29) is 47.6 Å². The Bertz CT molecular complexity index is 2350. The first-order valence-corrected chi connectivity index (χ1v) is 17.3. The highest BCUT2D eigenvalue weighted by Gasteiger charge is 2.40. The van der Waals surface area contributed by atoms with Gasteiger partial charge >= 0.3 is 12.0 Å². The number of aromatic nitrogens is 1. The van der Waals surface area contributed by atoms with Crippen LogP contribution in [0.4, 0.5) is 10.5 Å². The summed E-state index contributed by atoms with van der Waals surface area (Å²) < 4.78 is 11.5. The number of methoxy groups -OCH3 is 1. The molecular weight excluding hydrogens is 704 g/mol. The molecule has 0 spiro atoms. The number of H-pyrrole nitrogens is 1. The van der Waals surface area contributed by atoms with Crippen molar-refractivity contribution in [3.8, 4) is 17.2 Å².